The highest BCUT2D eigenvalue weighted by molar-refractivity contribution is 9.10. The van der Waals surface area contributed by atoms with Crippen molar-refractivity contribution in [2.75, 3.05) is 11.9 Å². The zero-order valence-corrected chi connectivity index (χ0v) is 15.2. The van der Waals surface area contributed by atoms with Gasteiger partial charge in [0, 0.05) is 16.3 Å². The molecule has 0 saturated heterocycles. The SMILES string of the molecule is O=S(=O)(NCC1CCCCC1CBr)c1sccc1Br. The molecule has 2 atom stereocenters. The standard InChI is InChI=1S/C12H17Br2NO2S2/c13-7-9-3-1-2-4-10(9)8-15-19(16,17)12-11(14)5-6-18-12/h5-6,9-10,15H,1-4,7-8H2. The molecule has 0 bridgehead atoms. The Bertz CT molecular complexity index is 516. The summed E-state index contributed by atoms with van der Waals surface area (Å²) in [5.41, 5.74) is 0. The van der Waals surface area contributed by atoms with Crippen LogP contribution in [0.4, 0.5) is 0 Å². The van der Waals surface area contributed by atoms with E-state index in [2.05, 4.69) is 36.6 Å². The van der Waals surface area contributed by atoms with Gasteiger partial charge in [0.1, 0.15) is 4.21 Å². The van der Waals surface area contributed by atoms with Gasteiger partial charge in [0.25, 0.3) is 10.0 Å². The smallest absolute Gasteiger partial charge is 0.210 e. The molecule has 1 saturated carbocycles. The van der Waals surface area contributed by atoms with E-state index in [0.717, 1.165) is 11.8 Å². The minimum Gasteiger partial charge on any atom is -0.210 e. The summed E-state index contributed by atoms with van der Waals surface area (Å²) in [6.45, 7) is 0.545. The maximum Gasteiger partial charge on any atom is 0.251 e. The molecule has 0 amide bonds. The first kappa shape index (κ1) is 15.9. The molecule has 2 rings (SSSR count). The largest absolute Gasteiger partial charge is 0.251 e. The number of hydrogen-bond donors (Lipinski definition) is 1. The average molecular weight is 431 g/mol. The fourth-order valence-corrected chi connectivity index (χ4v) is 6.84. The van der Waals surface area contributed by atoms with Crippen LogP contribution in [0.1, 0.15) is 25.7 Å². The third-order valence-corrected chi connectivity index (χ3v) is 8.55. The zero-order chi connectivity index (χ0) is 13.9. The second-order valence-electron chi connectivity index (χ2n) is 4.87. The Morgan fingerprint density at radius 2 is 2.00 bits per heavy atom. The second-order valence-corrected chi connectivity index (χ2v) is 9.25. The highest BCUT2D eigenvalue weighted by Gasteiger charge is 2.27. The van der Waals surface area contributed by atoms with Crippen molar-refractivity contribution in [1.29, 1.82) is 0 Å². The van der Waals surface area contributed by atoms with E-state index >= 15 is 0 Å². The normalized spacial score (nSPS) is 24.5. The molecule has 0 spiro atoms. The number of sulfonamides is 1. The lowest BCUT2D eigenvalue weighted by molar-refractivity contribution is 0.263. The number of halogens is 2. The molecule has 1 fully saturated rings. The number of nitrogens with one attached hydrogen (secondary N) is 1. The summed E-state index contributed by atoms with van der Waals surface area (Å²) < 4.78 is 28.2. The highest BCUT2D eigenvalue weighted by atomic mass is 79.9. The third-order valence-electron chi connectivity index (χ3n) is 3.63. The van der Waals surface area contributed by atoms with Crippen LogP contribution < -0.4 is 4.72 Å². The minimum absolute atomic E-state index is 0.374. The summed E-state index contributed by atoms with van der Waals surface area (Å²) in [5.74, 6) is 1.03. The Labute approximate surface area is 135 Å². The van der Waals surface area contributed by atoms with Crippen LogP contribution in [0.25, 0.3) is 0 Å². The lowest BCUT2D eigenvalue weighted by Gasteiger charge is -2.30. The van der Waals surface area contributed by atoms with Gasteiger partial charge in [-0.1, -0.05) is 28.8 Å². The van der Waals surface area contributed by atoms with Crippen molar-refractivity contribution in [2.24, 2.45) is 11.8 Å². The van der Waals surface area contributed by atoms with Gasteiger partial charge >= 0.3 is 0 Å². The average Bonchev–Trinajstić information content (AvgIpc) is 2.84. The summed E-state index contributed by atoms with van der Waals surface area (Å²) in [7, 11) is -3.37. The predicted octanol–water partition coefficient (Wildman–Crippen LogP) is 3.99. The Hall–Kier alpha value is 0.570. The van der Waals surface area contributed by atoms with Gasteiger partial charge in [-0.3, -0.25) is 0 Å². The van der Waals surface area contributed by atoms with E-state index in [-0.39, 0.29) is 0 Å². The zero-order valence-electron chi connectivity index (χ0n) is 10.4. The fraction of sp³-hybridized carbons (Fsp3) is 0.667. The van der Waals surface area contributed by atoms with Crippen LogP contribution in [-0.2, 0) is 10.0 Å². The summed E-state index contributed by atoms with van der Waals surface area (Å²) in [6.07, 6.45) is 4.78. The molecular formula is C12H17Br2NO2S2. The maximum atomic E-state index is 12.2. The Morgan fingerprint density at radius 3 is 2.58 bits per heavy atom. The Balaban J connectivity index is 2.00. The Kier molecular flexibility index (Phi) is 5.90. The lowest BCUT2D eigenvalue weighted by Crippen LogP contribution is -2.34. The number of rotatable bonds is 5. The molecule has 0 radical (unpaired) electrons. The number of thiophene rings is 1. The summed E-state index contributed by atoms with van der Waals surface area (Å²) in [4.78, 5) is 0. The number of alkyl halides is 1. The molecule has 1 aliphatic carbocycles. The molecule has 1 aliphatic rings. The van der Waals surface area contributed by atoms with Crippen LogP contribution in [0.15, 0.2) is 20.1 Å². The van der Waals surface area contributed by atoms with E-state index in [4.69, 9.17) is 0 Å². The van der Waals surface area contributed by atoms with E-state index in [1.54, 1.807) is 11.4 Å². The van der Waals surface area contributed by atoms with Crippen LogP contribution in [0.5, 0.6) is 0 Å². The van der Waals surface area contributed by atoms with Gasteiger partial charge < -0.3 is 0 Å². The molecule has 108 valence electrons. The first-order chi connectivity index (χ1) is 9.04. The van der Waals surface area contributed by atoms with E-state index in [9.17, 15) is 8.42 Å². The molecule has 1 aromatic heterocycles. The van der Waals surface area contributed by atoms with Crippen molar-refractivity contribution in [3.63, 3.8) is 0 Å². The van der Waals surface area contributed by atoms with Gasteiger partial charge in [-0.25, -0.2) is 13.1 Å². The molecule has 1 aromatic rings. The van der Waals surface area contributed by atoms with Crippen molar-refractivity contribution in [1.82, 2.24) is 4.72 Å². The van der Waals surface area contributed by atoms with Crippen molar-refractivity contribution >= 4 is 53.2 Å². The maximum absolute atomic E-state index is 12.2. The van der Waals surface area contributed by atoms with E-state index < -0.39 is 10.0 Å². The molecule has 1 heterocycles. The van der Waals surface area contributed by atoms with Gasteiger partial charge in [-0.2, -0.15) is 0 Å². The van der Waals surface area contributed by atoms with Crippen LogP contribution in [0.2, 0.25) is 0 Å². The van der Waals surface area contributed by atoms with E-state index in [0.29, 0.717) is 27.1 Å². The van der Waals surface area contributed by atoms with Crippen molar-refractivity contribution in [2.45, 2.75) is 29.9 Å². The summed E-state index contributed by atoms with van der Waals surface area (Å²) in [6, 6.07) is 1.77. The first-order valence-electron chi connectivity index (χ1n) is 6.33. The molecule has 0 aliphatic heterocycles. The van der Waals surface area contributed by atoms with E-state index in [1.807, 2.05) is 0 Å². The van der Waals surface area contributed by atoms with Gasteiger partial charge in [-0.15, -0.1) is 11.3 Å². The summed E-state index contributed by atoms with van der Waals surface area (Å²) >= 11 is 8.06. The topological polar surface area (TPSA) is 46.2 Å². The van der Waals surface area contributed by atoms with Crippen molar-refractivity contribution in [3.8, 4) is 0 Å². The minimum atomic E-state index is -3.37. The molecule has 0 aromatic carbocycles. The van der Waals surface area contributed by atoms with Crippen LogP contribution in [0.3, 0.4) is 0 Å². The van der Waals surface area contributed by atoms with Crippen molar-refractivity contribution in [3.05, 3.63) is 15.9 Å². The van der Waals surface area contributed by atoms with Crippen LogP contribution in [-0.4, -0.2) is 20.3 Å². The molecule has 3 nitrogen and oxygen atoms in total. The number of hydrogen-bond acceptors (Lipinski definition) is 3. The molecular weight excluding hydrogens is 414 g/mol. The van der Waals surface area contributed by atoms with Crippen LogP contribution in [0, 0.1) is 11.8 Å². The third kappa shape index (κ3) is 4.03. The van der Waals surface area contributed by atoms with Crippen LogP contribution >= 0.6 is 43.2 Å². The van der Waals surface area contributed by atoms with Gasteiger partial charge in [0.15, 0.2) is 0 Å². The molecule has 19 heavy (non-hydrogen) atoms. The molecule has 1 N–H and O–H groups in total. The second kappa shape index (κ2) is 7.02. The Morgan fingerprint density at radius 1 is 1.32 bits per heavy atom. The quantitative estimate of drug-likeness (QED) is 0.717. The molecule has 2 unspecified atom stereocenters. The molecule has 7 heteroatoms. The van der Waals surface area contributed by atoms with Gasteiger partial charge in [0.2, 0.25) is 0 Å². The first-order valence-corrected chi connectivity index (χ1v) is 10.6. The van der Waals surface area contributed by atoms with E-state index in [1.165, 1.54) is 30.6 Å². The monoisotopic (exact) mass is 429 g/mol. The van der Waals surface area contributed by atoms with Crippen molar-refractivity contribution < 1.29 is 8.42 Å². The summed E-state index contributed by atoms with van der Waals surface area (Å²) in [5, 5.41) is 2.74. The van der Waals surface area contributed by atoms with Gasteiger partial charge in [0.05, 0.1) is 0 Å². The predicted molar refractivity (Wildman–Crippen MR) is 86.4 cm³/mol. The highest BCUT2D eigenvalue weighted by Crippen LogP contribution is 2.32. The fourth-order valence-electron chi connectivity index (χ4n) is 2.51. The lowest BCUT2D eigenvalue weighted by atomic mass is 9.80. The van der Waals surface area contributed by atoms with Gasteiger partial charge in [-0.05, 0) is 52.1 Å².